The fourth-order valence-corrected chi connectivity index (χ4v) is 16.4. The number of fused-ring (bicyclic) bond motifs is 1. The Morgan fingerprint density at radius 1 is 0.893 bits per heavy atom. The molecule has 0 amide bonds. The van der Waals surface area contributed by atoms with Gasteiger partial charge < -0.3 is 13.9 Å². The van der Waals surface area contributed by atoms with E-state index < -0.39 is 8.24 Å². The molecule has 158 valence electrons. The van der Waals surface area contributed by atoms with Crippen LogP contribution in [0, 0.1) is 0 Å². The molecule has 0 saturated carbocycles. The summed E-state index contributed by atoms with van der Waals surface area (Å²) < 4.78 is 8.35. The highest BCUT2D eigenvalue weighted by atomic mass is 28.3. The molecule has 0 aliphatic carbocycles. The maximum Gasteiger partial charge on any atom is 0.177 e. The highest BCUT2D eigenvalue weighted by molar-refractivity contribution is 6.86. The number of nitrogens with zero attached hydrogens (tertiary/aromatic N) is 2. The molecule has 0 aliphatic heterocycles. The van der Waals surface area contributed by atoms with E-state index in [0.29, 0.717) is 0 Å². The molecule has 0 atom stereocenters. The van der Waals surface area contributed by atoms with Crippen LogP contribution in [0.25, 0.3) is 10.9 Å². The number of methoxy groups -OCH3 is 1. The maximum absolute atomic E-state index is 5.63. The monoisotopic (exact) mass is 402 g/mol. The Hall–Kier alpha value is -1.26. The molecule has 1 aromatic carbocycles. The number of benzene rings is 1. The normalized spacial score (nSPS) is 14.2. The summed E-state index contributed by atoms with van der Waals surface area (Å²) in [6.45, 7) is 23.0. The van der Waals surface area contributed by atoms with Crippen LogP contribution in [0.1, 0.15) is 67.9 Å². The SMILES string of the molecule is COc1ccc2c(CN(C)C)cn([Si](C(C)(C)C)(C(C)(C)C)C(C)(C)C)c2c1. The molecule has 0 fully saturated rings. The first-order valence-corrected chi connectivity index (χ1v) is 12.4. The van der Waals surface area contributed by atoms with Crippen molar-refractivity contribution in [1.29, 1.82) is 0 Å². The predicted octanol–water partition coefficient (Wildman–Crippen LogP) is 6.91. The Bertz CT molecular complexity index is 793. The average Bonchev–Trinajstić information content (AvgIpc) is 2.80. The fourth-order valence-electron chi connectivity index (χ4n) is 6.61. The molecule has 1 heterocycles. The highest BCUT2D eigenvalue weighted by Gasteiger charge is 2.62. The molecule has 3 nitrogen and oxygen atoms in total. The minimum Gasteiger partial charge on any atom is -0.497 e. The summed E-state index contributed by atoms with van der Waals surface area (Å²) in [4.78, 5) is 2.26. The van der Waals surface area contributed by atoms with Crippen LogP contribution < -0.4 is 4.74 Å². The lowest BCUT2D eigenvalue weighted by atomic mass is 10.1. The molecular weight excluding hydrogens is 360 g/mol. The van der Waals surface area contributed by atoms with Crippen molar-refractivity contribution < 1.29 is 4.74 Å². The molecule has 28 heavy (non-hydrogen) atoms. The first-order valence-electron chi connectivity index (χ1n) is 10.4. The molecule has 2 aromatic rings. The summed E-state index contributed by atoms with van der Waals surface area (Å²) >= 11 is 0. The smallest absolute Gasteiger partial charge is 0.177 e. The molecule has 0 unspecified atom stereocenters. The van der Waals surface area contributed by atoms with Gasteiger partial charge in [0.2, 0.25) is 0 Å². The summed E-state index contributed by atoms with van der Waals surface area (Å²) in [6.07, 6.45) is 2.47. The van der Waals surface area contributed by atoms with Gasteiger partial charge in [0.05, 0.1) is 7.11 Å². The van der Waals surface area contributed by atoms with Gasteiger partial charge in [0.15, 0.2) is 8.24 Å². The first kappa shape index (κ1) is 23.0. The van der Waals surface area contributed by atoms with E-state index in [1.807, 2.05) is 0 Å². The van der Waals surface area contributed by atoms with Crippen molar-refractivity contribution >= 4 is 19.1 Å². The molecule has 0 bridgehead atoms. The third-order valence-corrected chi connectivity index (χ3v) is 13.8. The Morgan fingerprint density at radius 2 is 1.39 bits per heavy atom. The third-order valence-electron chi connectivity index (χ3n) is 6.20. The van der Waals surface area contributed by atoms with E-state index in [4.69, 9.17) is 4.74 Å². The van der Waals surface area contributed by atoms with Crippen LogP contribution in [-0.4, -0.2) is 38.6 Å². The van der Waals surface area contributed by atoms with E-state index in [0.717, 1.165) is 12.3 Å². The minimum absolute atomic E-state index is 0.175. The van der Waals surface area contributed by atoms with E-state index in [2.05, 4.69) is 110 Å². The lowest BCUT2D eigenvalue weighted by Gasteiger charge is -2.59. The maximum atomic E-state index is 5.63. The van der Waals surface area contributed by atoms with Gasteiger partial charge >= 0.3 is 0 Å². The molecule has 0 spiro atoms. The van der Waals surface area contributed by atoms with Gasteiger partial charge in [-0.2, -0.15) is 0 Å². The van der Waals surface area contributed by atoms with Gasteiger partial charge in [0.1, 0.15) is 5.75 Å². The van der Waals surface area contributed by atoms with Crippen LogP contribution in [-0.2, 0) is 6.54 Å². The lowest BCUT2D eigenvalue weighted by molar-refractivity contribution is 0.403. The second-order valence-corrected chi connectivity index (χ2v) is 18.0. The van der Waals surface area contributed by atoms with Crippen LogP contribution in [0.2, 0.25) is 15.1 Å². The molecule has 0 N–H and O–H groups in total. The Morgan fingerprint density at radius 3 is 1.79 bits per heavy atom. The zero-order chi connectivity index (χ0) is 21.7. The number of ether oxygens (including phenoxy) is 1. The van der Waals surface area contributed by atoms with Crippen molar-refractivity contribution in [2.24, 2.45) is 0 Å². The average molecular weight is 403 g/mol. The van der Waals surface area contributed by atoms with E-state index in [1.54, 1.807) is 7.11 Å². The van der Waals surface area contributed by atoms with Gasteiger partial charge in [-0.15, -0.1) is 0 Å². The summed E-state index contributed by atoms with van der Waals surface area (Å²) in [6, 6.07) is 6.59. The number of aromatic nitrogens is 1. The number of hydrogen-bond acceptors (Lipinski definition) is 2. The second-order valence-electron chi connectivity index (χ2n) is 11.6. The fraction of sp³-hybridized carbons (Fsp3) is 0.667. The molecule has 1 aromatic heterocycles. The lowest BCUT2D eigenvalue weighted by Crippen LogP contribution is -2.63. The van der Waals surface area contributed by atoms with Crippen LogP contribution in [0.4, 0.5) is 0 Å². The van der Waals surface area contributed by atoms with E-state index >= 15 is 0 Å². The quantitative estimate of drug-likeness (QED) is 0.517. The van der Waals surface area contributed by atoms with E-state index in [-0.39, 0.29) is 15.1 Å². The highest BCUT2D eigenvalue weighted by Crippen LogP contribution is 2.63. The van der Waals surface area contributed by atoms with Crippen LogP contribution in [0.3, 0.4) is 0 Å². The van der Waals surface area contributed by atoms with Crippen molar-refractivity contribution in [2.45, 2.75) is 84.0 Å². The van der Waals surface area contributed by atoms with Gasteiger partial charge in [0.25, 0.3) is 0 Å². The van der Waals surface area contributed by atoms with Crippen molar-refractivity contribution in [2.75, 3.05) is 21.2 Å². The van der Waals surface area contributed by atoms with Crippen molar-refractivity contribution in [3.8, 4) is 5.75 Å². The standard InChI is InChI=1S/C24H42N2OSi/c1-22(2,3)28(23(4,5)6,24(7,8)9)26-17-18(16-25(10)11)20-14-13-19(27-12)15-21(20)26/h13-15,17H,16H2,1-12H3. The van der Waals surface area contributed by atoms with Crippen LogP contribution in [0.15, 0.2) is 24.4 Å². The number of hydrogen-bond donors (Lipinski definition) is 0. The van der Waals surface area contributed by atoms with Gasteiger partial charge in [-0.3, -0.25) is 0 Å². The Balaban J connectivity index is 3.06. The second kappa shape index (κ2) is 7.21. The minimum atomic E-state index is -2.16. The van der Waals surface area contributed by atoms with Gasteiger partial charge in [0, 0.05) is 29.7 Å². The summed E-state index contributed by atoms with van der Waals surface area (Å²) in [5.74, 6) is 0.933. The van der Waals surface area contributed by atoms with Crippen LogP contribution in [0.5, 0.6) is 5.75 Å². The molecule has 2 rings (SSSR count). The van der Waals surface area contributed by atoms with Gasteiger partial charge in [-0.25, -0.2) is 0 Å². The zero-order valence-electron chi connectivity index (χ0n) is 20.3. The third kappa shape index (κ3) is 3.54. The van der Waals surface area contributed by atoms with E-state index in [1.165, 1.54) is 16.5 Å². The topological polar surface area (TPSA) is 17.4 Å². The first-order chi connectivity index (χ1) is 12.6. The van der Waals surface area contributed by atoms with Crippen molar-refractivity contribution in [3.63, 3.8) is 0 Å². The van der Waals surface area contributed by atoms with Crippen LogP contribution >= 0.6 is 0 Å². The Labute approximate surface area is 174 Å². The van der Waals surface area contributed by atoms with Crippen molar-refractivity contribution in [3.05, 3.63) is 30.0 Å². The predicted molar refractivity (Wildman–Crippen MR) is 126 cm³/mol. The summed E-state index contributed by atoms with van der Waals surface area (Å²) in [5, 5.41) is 1.87. The summed E-state index contributed by atoms with van der Waals surface area (Å²) in [5.41, 5.74) is 2.72. The largest absolute Gasteiger partial charge is 0.497 e. The molecular formula is C24H42N2OSi. The molecule has 0 saturated heterocycles. The van der Waals surface area contributed by atoms with Gasteiger partial charge in [-0.05, 0) is 46.9 Å². The molecule has 0 aliphatic rings. The van der Waals surface area contributed by atoms with E-state index in [9.17, 15) is 0 Å². The molecule has 0 radical (unpaired) electrons. The zero-order valence-corrected chi connectivity index (χ0v) is 21.3. The number of rotatable bonds is 4. The van der Waals surface area contributed by atoms with Gasteiger partial charge in [-0.1, -0.05) is 62.3 Å². The Kier molecular flexibility index (Phi) is 5.93. The molecule has 4 heteroatoms. The van der Waals surface area contributed by atoms with Crippen molar-refractivity contribution in [1.82, 2.24) is 9.13 Å². The summed E-state index contributed by atoms with van der Waals surface area (Å²) in [7, 11) is 3.89.